The lowest BCUT2D eigenvalue weighted by molar-refractivity contribution is -0.139. The highest BCUT2D eigenvalue weighted by Gasteiger charge is 2.30. The van der Waals surface area contributed by atoms with Gasteiger partial charge in [-0.1, -0.05) is 25.1 Å². The minimum atomic E-state index is -4.47. The van der Waals surface area contributed by atoms with Crippen LogP contribution >= 0.6 is 9.47 Å². The number of aliphatic carboxylic acids is 2. The monoisotopic (exact) mass is 1410 g/mol. The van der Waals surface area contributed by atoms with E-state index in [1.165, 1.54) is 32.2 Å². The molecule has 1 fully saturated rings. The molecule has 9 N–H and O–H groups in total. The molecule has 6 rings (SSSR count). The Morgan fingerprint density at radius 3 is 1.94 bits per heavy atom. The van der Waals surface area contributed by atoms with Crippen molar-refractivity contribution < 1.29 is 80.4 Å². The topological polar surface area (TPSA) is 385 Å². The lowest BCUT2D eigenvalue weighted by Gasteiger charge is -2.33. The molecule has 0 radical (unpaired) electrons. The van der Waals surface area contributed by atoms with Crippen LogP contribution in [0.4, 0.5) is 5.95 Å². The molecular weight excluding hydrogens is 1310 g/mol. The van der Waals surface area contributed by atoms with Crippen LogP contribution < -0.4 is 46.0 Å². The molecule has 5 aromatic rings. The standard InChI is InChI=1S/C65H94N13O18PS/c1-5-75-20-22-76(23-24-77(43-59(82)83)25-27-78(26-21-75)44-94-45-79)42-58(81)72-54(37-48-10-13-50(96-97)14-11-48)63(86)67-17-8-29-92-32-34-93-33-31-91-28-7-16-66-57(80)9-6-30-95-51-35-46(2)61(47(3)36-51)98(89,90)73-55(64(87)88)40-70-62(85)53-41-74(4)56-38-49(12-15-52(56)60(53)84)39-71-65-68-18-19-69-65/h10-15,18-19,35-36,38,41,45,54-55,73H,5-9,16-17,20-34,37,39-40,42-44,97H2,1-4H3,(H,66,80)(H,67,86)(H,70,85)(H,72,81)(H,82,83)(H,87,88)(H2,68,69,71)/t54-,55?/m1/s1. The van der Waals surface area contributed by atoms with E-state index in [-0.39, 0.29) is 84.0 Å². The number of pyridine rings is 1. The largest absolute Gasteiger partial charge is 0.494 e. The van der Waals surface area contributed by atoms with E-state index in [1.54, 1.807) is 59.2 Å². The summed E-state index contributed by atoms with van der Waals surface area (Å²) in [6, 6.07) is 12.6. The Kier molecular flexibility index (Phi) is 33.7. The summed E-state index contributed by atoms with van der Waals surface area (Å²) in [6.07, 6.45) is 6.45. The average Bonchev–Trinajstić information content (AvgIpc) is 0.858. The summed E-state index contributed by atoms with van der Waals surface area (Å²) in [4.78, 5) is 117. The highest BCUT2D eigenvalue weighted by atomic mass is 32.2. The number of likely N-dealkylation sites (N-methyl/N-ethyl adjacent to an activating group) is 1. The molecule has 2 aromatic heterocycles. The normalized spacial score (nSPS) is 14.5. The van der Waals surface area contributed by atoms with Gasteiger partial charge in [0.15, 0.2) is 5.95 Å². The third-order valence-electron chi connectivity index (χ3n) is 15.9. The third kappa shape index (κ3) is 27.3. The first-order valence-corrected chi connectivity index (χ1v) is 34.4. The minimum absolute atomic E-state index is 0.0103. The number of aromatic nitrogens is 3. The molecule has 33 heteroatoms. The number of aromatic amines is 1. The van der Waals surface area contributed by atoms with Crippen molar-refractivity contribution in [3.63, 3.8) is 0 Å². The first-order valence-electron chi connectivity index (χ1n) is 32.5. The van der Waals surface area contributed by atoms with Crippen molar-refractivity contribution in [1.29, 1.82) is 0 Å². The number of aryl methyl sites for hydroxylation is 3. The second kappa shape index (κ2) is 41.9. The molecule has 1 aliphatic heterocycles. The number of benzene rings is 3. The highest BCUT2D eigenvalue weighted by Crippen LogP contribution is 2.27. The van der Waals surface area contributed by atoms with Crippen molar-refractivity contribution >= 4 is 78.4 Å². The van der Waals surface area contributed by atoms with Gasteiger partial charge >= 0.3 is 11.9 Å². The third-order valence-corrected chi connectivity index (χ3v) is 18.0. The molecule has 538 valence electrons. The van der Waals surface area contributed by atoms with Gasteiger partial charge in [0.05, 0.1) is 66.0 Å². The van der Waals surface area contributed by atoms with Crippen molar-refractivity contribution in [1.82, 2.24) is 60.1 Å². The van der Waals surface area contributed by atoms with Crippen LogP contribution in [-0.4, -0.2) is 251 Å². The molecule has 1 saturated heterocycles. The van der Waals surface area contributed by atoms with Gasteiger partial charge in [0, 0.05) is 136 Å². The molecule has 31 nitrogen and oxygen atoms in total. The van der Waals surface area contributed by atoms with E-state index in [2.05, 4.69) is 55.6 Å². The van der Waals surface area contributed by atoms with Crippen LogP contribution in [0.15, 0.2) is 82.9 Å². The number of nitrogens with zero attached hydrogens (tertiary/aromatic N) is 6. The summed E-state index contributed by atoms with van der Waals surface area (Å²) in [5.74, 6) is -2.77. The fraction of sp³-hybridized carbons (Fsp3) is 0.523. The zero-order chi connectivity index (χ0) is 70.8. The molecule has 0 saturated carbocycles. The molecule has 3 atom stereocenters. The first kappa shape index (κ1) is 78.8. The Balaban J connectivity index is 0.816. The van der Waals surface area contributed by atoms with Gasteiger partial charge in [0.2, 0.25) is 33.2 Å². The van der Waals surface area contributed by atoms with Crippen LogP contribution in [0, 0.1) is 13.8 Å². The van der Waals surface area contributed by atoms with Crippen molar-refractivity contribution in [3.8, 4) is 11.5 Å². The van der Waals surface area contributed by atoms with E-state index in [1.807, 2.05) is 28.9 Å². The number of carbonyl (C=O) groups excluding carboxylic acids is 5. The van der Waals surface area contributed by atoms with E-state index in [0.29, 0.717) is 160 Å². The van der Waals surface area contributed by atoms with Gasteiger partial charge in [-0.25, -0.2) is 13.4 Å². The number of carboxylic acids is 2. The summed E-state index contributed by atoms with van der Waals surface area (Å²) < 4.78 is 64.2. The molecule has 1 aliphatic rings. The smallest absolute Gasteiger partial charge is 0.323 e. The summed E-state index contributed by atoms with van der Waals surface area (Å²) in [5, 5.41) is 34.2. The van der Waals surface area contributed by atoms with Crippen molar-refractivity contribution in [2.45, 2.75) is 76.4 Å². The Morgan fingerprint density at radius 2 is 1.34 bits per heavy atom. The molecule has 0 spiro atoms. The maximum atomic E-state index is 13.8. The fourth-order valence-corrected chi connectivity index (χ4v) is 12.5. The number of nitrogens with one attached hydrogen (secondary N) is 7. The number of anilines is 1. The highest BCUT2D eigenvalue weighted by molar-refractivity contribution is 7.89. The Hall–Kier alpha value is -8.17. The van der Waals surface area contributed by atoms with Gasteiger partial charge in [0.25, 0.3) is 12.4 Å². The van der Waals surface area contributed by atoms with Gasteiger partial charge in [-0.2, -0.15) is 4.72 Å². The second-order valence-corrected chi connectivity index (χ2v) is 25.2. The fourth-order valence-electron chi connectivity index (χ4n) is 10.7. The predicted molar refractivity (Wildman–Crippen MR) is 366 cm³/mol. The van der Waals surface area contributed by atoms with E-state index >= 15 is 0 Å². The summed E-state index contributed by atoms with van der Waals surface area (Å²) in [5.41, 5.74) is 1.89. The number of imidazole rings is 1. The van der Waals surface area contributed by atoms with Gasteiger partial charge in [-0.15, -0.1) is 0 Å². The maximum Gasteiger partial charge on any atom is 0.323 e. The molecule has 3 heterocycles. The average molecular weight is 1410 g/mol. The minimum Gasteiger partial charge on any atom is -0.494 e. The number of carbonyl (C=O) groups is 7. The van der Waals surface area contributed by atoms with E-state index in [0.717, 1.165) is 17.7 Å². The maximum absolute atomic E-state index is 13.8. The van der Waals surface area contributed by atoms with Crippen molar-refractivity contribution in [2.24, 2.45) is 7.05 Å². The van der Waals surface area contributed by atoms with Gasteiger partial charge < -0.3 is 79.5 Å². The molecule has 3 aromatic carbocycles. The van der Waals surface area contributed by atoms with Gasteiger partial charge in [-0.05, 0) is 98.3 Å². The second-order valence-electron chi connectivity index (χ2n) is 23.3. The lowest BCUT2D eigenvalue weighted by atomic mass is 10.0. The molecule has 98 heavy (non-hydrogen) atoms. The molecule has 0 aliphatic carbocycles. The lowest BCUT2D eigenvalue weighted by Crippen LogP contribution is -2.52. The number of hydrogen-bond acceptors (Lipinski definition) is 22. The Labute approximate surface area is 572 Å². The van der Waals surface area contributed by atoms with Crippen molar-refractivity contribution in [3.05, 3.63) is 111 Å². The Morgan fingerprint density at radius 1 is 0.724 bits per heavy atom. The summed E-state index contributed by atoms with van der Waals surface area (Å²) >= 11 is 0. The van der Waals surface area contributed by atoms with Crippen LogP contribution in [0.1, 0.15) is 65.2 Å². The van der Waals surface area contributed by atoms with Crippen LogP contribution in [0.5, 0.6) is 11.5 Å². The van der Waals surface area contributed by atoms with Gasteiger partial charge in [-0.3, -0.25) is 53.1 Å². The van der Waals surface area contributed by atoms with Crippen LogP contribution in [-0.2, 0) is 77.8 Å². The predicted octanol–water partition coefficient (Wildman–Crippen LogP) is 1.23. The summed E-state index contributed by atoms with van der Waals surface area (Å²) in [6.45, 7) is 12.9. The number of ether oxygens (including phenoxy) is 5. The number of amides is 4. The number of H-pyrrole nitrogens is 1. The quantitative estimate of drug-likeness (QED) is 0.0151. The SMILES string of the molecule is CCN1CCN(COC=O)CCN(CC(=O)O)CCN(CC(=O)N[C@H](Cc2ccc(OP)cc2)C(=O)NCCCOCCOCCOCCCNC(=O)CCCOc2cc(C)c(S(=O)(=O)NC(CNC(=O)c3cn(C)c4cc(CNc5ncc[nH]5)ccc4c3=O)C(=O)O)c(C)c2)CC1. The summed E-state index contributed by atoms with van der Waals surface area (Å²) in [7, 11) is -0.618. The molecular formula is C65H94N13O18PS. The number of hydrogen-bond donors (Lipinski definition) is 9. The first-order chi connectivity index (χ1) is 47.2. The Bertz CT molecular complexity index is 3530. The molecule has 0 bridgehead atoms. The zero-order valence-electron chi connectivity index (χ0n) is 56.1. The number of rotatable bonds is 42. The number of sulfonamides is 1. The number of fused-ring (bicyclic) bond motifs is 1. The van der Waals surface area contributed by atoms with Crippen LogP contribution in [0.2, 0.25) is 0 Å². The zero-order valence-corrected chi connectivity index (χ0v) is 58.0. The van der Waals surface area contributed by atoms with Crippen LogP contribution in [0.25, 0.3) is 10.9 Å². The van der Waals surface area contributed by atoms with Crippen LogP contribution in [0.3, 0.4) is 0 Å². The van der Waals surface area contributed by atoms with E-state index < -0.39 is 51.9 Å². The number of carboxylic acid groups (broad SMARTS) is 2. The van der Waals surface area contributed by atoms with Crippen molar-refractivity contribution in [2.75, 3.05) is 150 Å². The molecule has 4 amide bonds. The van der Waals surface area contributed by atoms with Gasteiger partial charge in [0.1, 0.15) is 35.9 Å². The van der Waals surface area contributed by atoms with E-state index in [4.69, 9.17) is 28.2 Å². The van der Waals surface area contributed by atoms with E-state index in [9.17, 15) is 57.0 Å². The molecule has 2 unspecified atom stereocenters.